The number of rotatable bonds is 11. The molecule has 0 bridgehead atoms. The second-order valence-corrected chi connectivity index (χ2v) is 10.2. The maximum absolute atomic E-state index is 13.6. The molecule has 5 heteroatoms. The van der Waals surface area contributed by atoms with E-state index in [0.717, 1.165) is 35.3 Å². The average molecular weight is 452 g/mol. The van der Waals surface area contributed by atoms with E-state index in [2.05, 4.69) is 25.5 Å². The molecule has 3 aromatic carbocycles. The van der Waals surface area contributed by atoms with Crippen molar-refractivity contribution < 1.29 is 13.2 Å². The van der Waals surface area contributed by atoms with Crippen molar-refractivity contribution in [1.29, 1.82) is 0 Å². The predicted molar refractivity (Wildman–Crippen MR) is 130 cm³/mol. The molecule has 0 aromatic heterocycles. The molecule has 0 spiro atoms. The van der Waals surface area contributed by atoms with Gasteiger partial charge in [0.2, 0.25) is 10.0 Å². The molecule has 32 heavy (non-hydrogen) atoms. The summed E-state index contributed by atoms with van der Waals surface area (Å²) >= 11 is 0. The van der Waals surface area contributed by atoms with Crippen LogP contribution in [0, 0.1) is 5.92 Å². The van der Waals surface area contributed by atoms with E-state index < -0.39 is 10.0 Å². The fourth-order valence-corrected chi connectivity index (χ4v) is 5.31. The summed E-state index contributed by atoms with van der Waals surface area (Å²) in [6.45, 7) is 6.58. The maximum atomic E-state index is 13.6. The topological polar surface area (TPSA) is 55.4 Å². The summed E-state index contributed by atoms with van der Waals surface area (Å²) in [7, 11) is -3.72. The van der Waals surface area contributed by atoms with Gasteiger partial charge in [0.05, 0.1) is 4.90 Å². The minimum absolute atomic E-state index is 0.278. The number of hydrogen-bond acceptors (Lipinski definition) is 3. The van der Waals surface area contributed by atoms with E-state index in [0.29, 0.717) is 23.8 Å². The lowest BCUT2D eigenvalue weighted by Crippen LogP contribution is -2.30. The van der Waals surface area contributed by atoms with E-state index in [1.807, 2.05) is 72.8 Å². The lowest BCUT2D eigenvalue weighted by atomic mass is 9.98. The number of benzene rings is 3. The lowest BCUT2D eigenvalue weighted by molar-refractivity contribution is 0.306. The minimum Gasteiger partial charge on any atom is -0.489 e. The van der Waals surface area contributed by atoms with Gasteiger partial charge in [0.25, 0.3) is 0 Å². The van der Waals surface area contributed by atoms with Gasteiger partial charge in [0.15, 0.2) is 0 Å². The first kappa shape index (κ1) is 24.0. The second-order valence-electron chi connectivity index (χ2n) is 8.51. The SMILES string of the molecule is CCCc1ccc(COc2ccccc2)cc1S(=O)(=O)NC(CC(C)C)c1ccccc1. The summed E-state index contributed by atoms with van der Waals surface area (Å²) in [5.74, 6) is 1.11. The molecule has 1 N–H and O–H groups in total. The Labute approximate surface area is 192 Å². The first-order chi connectivity index (χ1) is 15.4. The van der Waals surface area contributed by atoms with Gasteiger partial charge in [-0.15, -0.1) is 0 Å². The number of para-hydroxylation sites is 1. The molecule has 4 nitrogen and oxygen atoms in total. The van der Waals surface area contributed by atoms with Crippen molar-refractivity contribution in [3.8, 4) is 5.75 Å². The minimum atomic E-state index is -3.72. The van der Waals surface area contributed by atoms with Crippen LogP contribution in [-0.4, -0.2) is 8.42 Å². The van der Waals surface area contributed by atoms with E-state index in [1.165, 1.54) is 0 Å². The van der Waals surface area contributed by atoms with Gasteiger partial charge < -0.3 is 4.74 Å². The van der Waals surface area contributed by atoms with Gasteiger partial charge in [0.1, 0.15) is 12.4 Å². The smallest absolute Gasteiger partial charge is 0.241 e. The van der Waals surface area contributed by atoms with E-state index in [1.54, 1.807) is 6.07 Å². The molecule has 3 aromatic rings. The highest BCUT2D eigenvalue weighted by atomic mass is 32.2. The second kappa shape index (κ2) is 11.3. The van der Waals surface area contributed by atoms with E-state index in [9.17, 15) is 8.42 Å². The monoisotopic (exact) mass is 451 g/mol. The molecule has 1 unspecified atom stereocenters. The van der Waals surface area contributed by atoms with Crippen molar-refractivity contribution in [2.24, 2.45) is 5.92 Å². The zero-order chi connectivity index (χ0) is 23.0. The Morgan fingerprint density at radius 2 is 1.56 bits per heavy atom. The van der Waals surface area contributed by atoms with Crippen LogP contribution in [0.2, 0.25) is 0 Å². The van der Waals surface area contributed by atoms with E-state index >= 15 is 0 Å². The van der Waals surface area contributed by atoms with E-state index in [-0.39, 0.29) is 6.04 Å². The Kier molecular flexibility index (Phi) is 8.48. The van der Waals surface area contributed by atoms with Crippen LogP contribution in [-0.2, 0) is 23.1 Å². The van der Waals surface area contributed by atoms with Gasteiger partial charge >= 0.3 is 0 Å². The maximum Gasteiger partial charge on any atom is 0.241 e. The van der Waals surface area contributed by atoms with Crippen LogP contribution < -0.4 is 9.46 Å². The third-order valence-electron chi connectivity index (χ3n) is 5.30. The average Bonchev–Trinajstić information content (AvgIpc) is 2.79. The molecule has 170 valence electrons. The van der Waals surface area contributed by atoms with Crippen LogP contribution in [0.25, 0.3) is 0 Å². The lowest BCUT2D eigenvalue weighted by Gasteiger charge is -2.22. The summed E-state index contributed by atoms with van der Waals surface area (Å²) in [4.78, 5) is 0.346. The summed E-state index contributed by atoms with van der Waals surface area (Å²) in [6.07, 6.45) is 2.30. The number of sulfonamides is 1. The van der Waals surface area contributed by atoms with Crippen molar-refractivity contribution in [1.82, 2.24) is 4.72 Å². The Hall–Kier alpha value is -2.63. The number of aryl methyl sites for hydroxylation is 1. The third kappa shape index (κ3) is 6.68. The Bertz CT molecular complexity index is 1080. The highest BCUT2D eigenvalue weighted by Crippen LogP contribution is 2.26. The van der Waals surface area contributed by atoms with Crippen LogP contribution in [0.1, 0.15) is 56.3 Å². The van der Waals surface area contributed by atoms with E-state index in [4.69, 9.17) is 4.74 Å². The number of nitrogens with one attached hydrogen (secondary N) is 1. The van der Waals surface area contributed by atoms with Crippen LogP contribution in [0.4, 0.5) is 0 Å². The van der Waals surface area contributed by atoms with Gasteiger partial charge in [-0.3, -0.25) is 0 Å². The van der Waals surface area contributed by atoms with Crippen LogP contribution in [0.5, 0.6) is 5.75 Å². The molecular formula is C27H33NO3S. The van der Waals surface area contributed by atoms with Crippen LogP contribution >= 0.6 is 0 Å². The molecule has 0 aliphatic heterocycles. The quantitative estimate of drug-likeness (QED) is 0.373. The zero-order valence-corrected chi connectivity index (χ0v) is 19.9. The first-order valence-electron chi connectivity index (χ1n) is 11.3. The van der Waals surface area contributed by atoms with Gasteiger partial charge in [0, 0.05) is 6.04 Å². The normalized spacial score (nSPS) is 12.6. The largest absolute Gasteiger partial charge is 0.489 e. The molecule has 0 saturated carbocycles. The summed E-state index contributed by atoms with van der Waals surface area (Å²) in [5, 5.41) is 0. The van der Waals surface area contributed by atoms with Gasteiger partial charge in [-0.25, -0.2) is 13.1 Å². The fraction of sp³-hybridized carbons (Fsp3) is 0.333. The summed E-state index contributed by atoms with van der Waals surface area (Å²) < 4.78 is 36.0. The fourth-order valence-electron chi connectivity index (χ4n) is 3.76. The highest BCUT2D eigenvalue weighted by molar-refractivity contribution is 7.89. The molecule has 1 atom stereocenters. The van der Waals surface area contributed by atoms with Gasteiger partial charge in [-0.2, -0.15) is 0 Å². The first-order valence-corrected chi connectivity index (χ1v) is 12.7. The summed E-state index contributed by atoms with van der Waals surface area (Å²) in [5.41, 5.74) is 2.64. The van der Waals surface area contributed by atoms with Crippen molar-refractivity contribution in [3.05, 3.63) is 95.6 Å². The molecule has 0 saturated heterocycles. The van der Waals surface area contributed by atoms with Crippen LogP contribution in [0.15, 0.2) is 83.8 Å². The highest BCUT2D eigenvalue weighted by Gasteiger charge is 2.25. The number of hydrogen-bond donors (Lipinski definition) is 1. The Balaban J connectivity index is 1.89. The Morgan fingerprint density at radius 1 is 0.906 bits per heavy atom. The molecule has 0 aliphatic rings. The standard InChI is InChI=1S/C27H33NO3S/c1-4-11-24-17-16-22(20-31-25-14-9-6-10-15-25)19-27(24)32(29,30)28-26(18-21(2)3)23-12-7-5-8-13-23/h5-10,12-17,19,21,26,28H,4,11,18,20H2,1-3H3. The van der Waals surface area contributed by atoms with Gasteiger partial charge in [-0.1, -0.05) is 87.9 Å². The molecular weight excluding hydrogens is 418 g/mol. The van der Waals surface area contributed by atoms with Crippen molar-refractivity contribution >= 4 is 10.0 Å². The number of ether oxygens (including phenoxy) is 1. The Morgan fingerprint density at radius 3 is 2.19 bits per heavy atom. The zero-order valence-electron chi connectivity index (χ0n) is 19.1. The molecule has 3 rings (SSSR count). The molecule has 0 aliphatic carbocycles. The third-order valence-corrected chi connectivity index (χ3v) is 6.85. The van der Waals surface area contributed by atoms with Gasteiger partial charge in [-0.05, 0) is 53.6 Å². The molecule has 0 radical (unpaired) electrons. The van der Waals surface area contributed by atoms with Crippen molar-refractivity contribution in [2.45, 2.75) is 57.6 Å². The molecule has 0 heterocycles. The van der Waals surface area contributed by atoms with Crippen LogP contribution in [0.3, 0.4) is 0 Å². The predicted octanol–water partition coefficient (Wildman–Crippen LogP) is 6.28. The molecule has 0 fully saturated rings. The van der Waals surface area contributed by atoms with Crippen molar-refractivity contribution in [2.75, 3.05) is 0 Å². The summed E-state index contributed by atoms with van der Waals surface area (Å²) in [6, 6.07) is 24.7. The van der Waals surface area contributed by atoms with Crippen molar-refractivity contribution in [3.63, 3.8) is 0 Å². The molecule has 0 amide bonds.